The Morgan fingerprint density at radius 2 is 1.71 bits per heavy atom. The van der Waals surface area contributed by atoms with Gasteiger partial charge in [-0.15, -0.1) is 13.2 Å². The van der Waals surface area contributed by atoms with Crippen LogP contribution in [0.25, 0.3) is 0 Å². The Kier molecular flexibility index (Phi) is 9.86. The van der Waals surface area contributed by atoms with E-state index in [0.717, 1.165) is 30.3 Å². The number of amides is 1. The summed E-state index contributed by atoms with van der Waals surface area (Å²) in [5, 5.41) is 11.9. The molecule has 1 saturated heterocycles. The van der Waals surface area contributed by atoms with Gasteiger partial charge in [-0.25, -0.2) is 8.42 Å². The van der Waals surface area contributed by atoms with Crippen molar-refractivity contribution in [2.75, 3.05) is 23.7 Å². The van der Waals surface area contributed by atoms with E-state index >= 15 is 0 Å². The van der Waals surface area contributed by atoms with Crippen molar-refractivity contribution in [1.82, 2.24) is 5.32 Å². The van der Waals surface area contributed by atoms with Gasteiger partial charge < -0.3 is 19.7 Å². The summed E-state index contributed by atoms with van der Waals surface area (Å²) in [6.45, 7) is 1.82. The second-order valence-electron chi connectivity index (χ2n) is 10.1. The van der Waals surface area contributed by atoms with Crippen molar-refractivity contribution in [1.29, 1.82) is 5.26 Å². The Hall–Kier alpha value is -4.45. The average Bonchev–Trinajstić information content (AvgIpc) is 3.44. The van der Waals surface area contributed by atoms with Crippen LogP contribution in [0.2, 0.25) is 0 Å². The standard InChI is InChI=1S/C30H27F6N3O5S/c1-2-45(41,42)24-10-3-19(4-11-24)25(13-15-37)38-28(40)20-5-12-26(27(17-20)44-30(34,35)36)39-16-14-23(18-39)43-22-8-6-21(7-9-22)29(31,32)33/h3-12,17,23,25H,2,13-14,16,18H2,1H3,(H,38,40)/t23-,25+/m1/s1. The Bertz CT molecular complexity index is 1650. The molecular formula is C30H27F6N3O5S. The molecule has 1 aliphatic heterocycles. The molecule has 2 atom stereocenters. The number of ether oxygens (including phenoxy) is 2. The van der Waals surface area contributed by atoms with Crippen molar-refractivity contribution < 1.29 is 49.0 Å². The third kappa shape index (κ3) is 8.59. The minimum Gasteiger partial charge on any atom is -0.489 e. The number of alkyl halides is 6. The van der Waals surface area contributed by atoms with E-state index in [9.17, 15) is 44.8 Å². The van der Waals surface area contributed by atoms with Crippen molar-refractivity contribution in [2.24, 2.45) is 0 Å². The number of hydrogen-bond acceptors (Lipinski definition) is 7. The molecule has 0 spiro atoms. The minimum absolute atomic E-state index is 0.0173. The van der Waals surface area contributed by atoms with Crippen LogP contribution < -0.4 is 19.7 Å². The first-order valence-electron chi connectivity index (χ1n) is 13.6. The number of halogens is 6. The van der Waals surface area contributed by atoms with Crippen LogP contribution in [0.3, 0.4) is 0 Å². The molecule has 3 aromatic rings. The lowest BCUT2D eigenvalue weighted by Gasteiger charge is -2.23. The molecule has 0 aliphatic carbocycles. The van der Waals surface area contributed by atoms with Gasteiger partial charge in [-0.2, -0.15) is 18.4 Å². The highest BCUT2D eigenvalue weighted by atomic mass is 32.2. The van der Waals surface area contributed by atoms with Gasteiger partial charge in [-0.3, -0.25) is 4.79 Å². The zero-order valence-electron chi connectivity index (χ0n) is 23.7. The molecule has 0 unspecified atom stereocenters. The van der Waals surface area contributed by atoms with E-state index in [-0.39, 0.29) is 47.2 Å². The summed E-state index contributed by atoms with van der Waals surface area (Å²) in [7, 11) is -3.48. The number of nitrogens with zero attached hydrogens (tertiary/aromatic N) is 2. The molecule has 1 fully saturated rings. The summed E-state index contributed by atoms with van der Waals surface area (Å²) in [6, 6.07) is 14.2. The lowest BCUT2D eigenvalue weighted by molar-refractivity contribution is -0.274. The maximum absolute atomic E-state index is 13.4. The summed E-state index contributed by atoms with van der Waals surface area (Å²) in [5.41, 5.74) is -0.605. The quantitative estimate of drug-likeness (QED) is 0.251. The van der Waals surface area contributed by atoms with Crippen molar-refractivity contribution >= 4 is 21.4 Å². The van der Waals surface area contributed by atoms with Crippen molar-refractivity contribution in [3.05, 3.63) is 83.4 Å². The second-order valence-corrected chi connectivity index (χ2v) is 12.4. The molecule has 0 bridgehead atoms. The summed E-state index contributed by atoms with van der Waals surface area (Å²) >= 11 is 0. The smallest absolute Gasteiger partial charge is 0.489 e. The zero-order chi connectivity index (χ0) is 33.0. The van der Waals surface area contributed by atoms with Crippen LogP contribution >= 0.6 is 0 Å². The molecule has 240 valence electrons. The summed E-state index contributed by atoms with van der Waals surface area (Å²) < 4.78 is 113. The number of sulfone groups is 1. The highest BCUT2D eigenvalue weighted by Crippen LogP contribution is 2.37. The monoisotopic (exact) mass is 655 g/mol. The van der Waals surface area contributed by atoms with Crippen LogP contribution in [-0.4, -0.2) is 45.6 Å². The summed E-state index contributed by atoms with van der Waals surface area (Å²) in [4.78, 5) is 14.7. The zero-order valence-corrected chi connectivity index (χ0v) is 24.5. The van der Waals surface area contributed by atoms with E-state index in [1.54, 1.807) is 4.90 Å². The fourth-order valence-corrected chi connectivity index (χ4v) is 5.62. The molecule has 4 rings (SSSR count). The Morgan fingerprint density at radius 3 is 2.29 bits per heavy atom. The third-order valence-corrected chi connectivity index (χ3v) is 8.79. The number of hydrogen-bond donors (Lipinski definition) is 1. The lowest BCUT2D eigenvalue weighted by Crippen LogP contribution is -2.29. The van der Waals surface area contributed by atoms with E-state index < -0.39 is 51.7 Å². The Morgan fingerprint density at radius 1 is 1.04 bits per heavy atom. The van der Waals surface area contributed by atoms with Gasteiger partial charge in [0.15, 0.2) is 15.6 Å². The summed E-state index contributed by atoms with van der Waals surface area (Å²) in [5.74, 6) is -1.41. The normalized spacial score (nSPS) is 16.1. The predicted octanol–water partition coefficient (Wildman–Crippen LogP) is 6.44. The first-order chi connectivity index (χ1) is 21.1. The van der Waals surface area contributed by atoms with Gasteiger partial charge in [-0.1, -0.05) is 19.1 Å². The molecule has 1 aliphatic rings. The maximum atomic E-state index is 13.4. The van der Waals surface area contributed by atoms with Crippen molar-refractivity contribution in [3.8, 4) is 17.6 Å². The van der Waals surface area contributed by atoms with Crippen molar-refractivity contribution in [3.63, 3.8) is 0 Å². The Labute approximate surface area is 255 Å². The second kappa shape index (κ2) is 13.3. The molecule has 1 N–H and O–H groups in total. The molecule has 3 aromatic carbocycles. The number of carbonyl (C=O) groups excluding carboxylic acids is 1. The number of benzene rings is 3. The lowest BCUT2D eigenvalue weighted by atomic mass is 10.0. The van der Waals surface area contributed by atoms with Gasteiger partial charge in [0.2, 0.25) is 0 Å². The van der Waals surface area contributed by atoms with Crippen LogP contribution in [0.15, 0.2) is 71.6 Å². The SMILES string of the molecule is CCS(=O)(=O)c1ccc([C@H](CC#N)NC(=O)c2ccc(N3CC[C@@H](Oc4ccc(C(F)(F)F)cc4)C3)c(OC(F)(F)F)c2)cc1. The number of nitriles is 1. The molecule has 1 heterocycles. The van der Waals surface area contributed by atoms with E-state index in [0.29, 0.717) is 12.0 Å². The van der Waals surface area contributed by atoms with Gasteiger partial charge in [0.1, 0.15) is 11.9 Å². The molecule has 15 heteroatoms. The van der Waals surface area contributed by atoms with Crippen molar-refractivity contribution in [2.45, 2.75) is 49.3 Å². The van der Waals surface area contributed by atoms with E-state index in [1.165, 1.54) is 43.3 Å². The number of nitrogens with one attached hydrogen (secondary N) is 1. The molecule has 1 amide bonds. The van der Waals surface area contributed by atoms with Gasteiger partial charge in [-0.05, 0) is 60.2 Å². The fourth-order valence-electron chi connectivity index (χ4n) is 4.74. The van der Waals surface area contributed by atoms with Gasteiger partial charge >= 0.3 is 12.5 Å². The molecule has 45 heavy (non-hydrogen) atoms. The van der Waals surface area contributed by atoms with Gasteiger partial charge in [0, 0.05) is 18.5 Å². The highest BCUT2D eigenvalue weighted by molar-refractivity contribution is 7.91. The highest BCUT2D eigenvalue weighted by Gasteiger charge is 2.35. The minimum atomic E-state index is -5.09. The first-order valence-corrected chi connectivity index (χ1v) is 15.2. The largest absolute Gasteiger partial charge is 0.573 e. The molecule has 0 radical (unpaired) electrons. The van der Waals surface area contributed by atoms with E-state index in [2.05, 4.69) is 10.1 Å². The maximum Gasteiger partial charge on any atom is 0.573 e. The van der Waals surface area contributed by atoms with Gasteiger partial charge in [0.25, 0.3) is 5.91 Å². The molecule has 8 nitrogen and oxygen atoms in total. The third-order valence-electron chi connectivity index (χ3n) is 7.04. The predicted molar refractivity (Wildman–Crippen MR) is 150 cm³/mol. The number of rotatable bonds is 10. The van der Waals surface area contributed by atoms with Crippen LogP contribution in [0.5, 0.6) is 11.5 Å². The fraction of sp³-hybridized carbons (Fsp3) is 0.333. The van der Waals surface area contributed by atoms with E-state index in [1.807, 2.05) is 6.07 Å². The first kappa shape index (κ1) is 33.4. The molecule has 0 saturated carbocycles. The number of carbonyl (C=O) groups is 1. The topological polar surface area (TPSA) is 109 Å². The molecular weight excluding hydrogens is 628 g/mol. The number of anilines is 1. The van der Waals surface area contributed by atoms with Crippen LogP contribution in [-0.2, 0) is 16.0 Å². The van der Waals surface area contributed by atoms with Gasteiger partial charge in [0.05, 0.1) is 47.0 Å². The average molecular weight is 656 g/mol. The summed E-state index contributed by atoms with van der Waals surface area (Å²) in [6.07, 6.45) is -10.0. The Balaban J connectivity index is 1.51. The molecule has 0 aromatic heterocycles. The van der Waals surface area contributed by atoms with Crippen LogP contribution in [0, 0.1) is 11.3 Å². The van der Waals surface area contributed by atoms with E-state index in [4.69, 9.17) is 4.74 Å². The van der Waals surface area contributed by atoms with Crippen LogP contribution in [0.1, 0.15) is 47.3 Å². The van der Waals surface area contributed by atoms with Crippen LogP contribution in [0.4, 0.5) is 32.0 Å².